The molecule has 3 N–H and O–H groups in total. The van der Waals surface area contributed by atoms with Crippen molar-refractivity contribution in [3.8, 4) is 11.1 Å². The number of amides is 2. The van der Waals surface area contributed by atoms with Gasteiger partial charge in [-0.15, -0.1) is 0 Å². The molecule has 0 aliphatic heterocycles. The first kappa shape index (κ1) is 26.2. The Labute approximate surface area is 206 Å². The molecule has 0 aromatic heterocycles. The molecule has 0 saturated heterocycles. The normalized spacial score (nSPS) is 13.9. The van der Waals surface area contributed by atoms with Gasteiger partial charge in [0.2, 0.25) is 5.91 Å². The Kier molecular flexibility index (Phi) is 9.66. The van der Waals surface area contributed by atoms with E-state index in [1.54, 1.807) is 7.11 Å². The van der Waals surface area contributed by atoms with E-state index < -0.39 is 29.9 Å². The molecule has 2 unspecified atom stereocenters. The molecule has 0 saturated carbocycles. The molecular weight excluding hydrogens is 448 g/mol. The molecule has 0 spiro atoms. The maximum absolute atomic E-state index is 12.8. The summed E-state index contributed by atoms with van der Waals surface area (Å²) in [7, 11) is 1.57. The van der Waals surface area contributed by atoms with Crippen molar-refractivity contribution in [1.29, 1.82) is 0 Å². The molecule has 2 amide bonds. The SMILES string of the molecule is CCCC(CNC(=O)C(CCCOC)NC(=O)OCC1c2ccccc2-c2ccccc21)C(=O)O. The van der Waals surface area contributed by atoms with Gasteiger partial charge in [0, 0.05) is 26.2 Å². The molecule has 2 atom stereocenters. The number of benzene rings is 2. The minimum absolute atomic E-state index is 0.00908. The van der Waals surface area contributed by atoms with Crippen LogP contribution in [0.5, 0.6) is 0 Å². The van der Waals surface area contributed by atoms with Crippen LogP contribution in [0.3, 0.4) is 0 Å². The Morgan fingerprint density at radius 2 is 1.63 bits per heavy atom. The van der Waals surface area contributed by atoms with Crippen LogP contribution in [-0.4, -0.2) is 56.0 Å². The van der Waals surface area contributed by atoms with Gasteiger partial charge in [-0.3, -0.25) is 9.59 Å². The van der Waals surface area contributed by atoms with Crippen molar-refractivity contribution in [2.45, 2.75) is 44.6 Å². The molecule has 0 radical (unpaired) electrons. The van der Waals surface area contributed by atoms with E-state index in [0.29, 0.717) is 32.3 Å². The Hall–Kier alpha value is -3.39. The number of fused-ring (bicyclic) bond motifs is 3. The topological polar surface area (TPSA) is 114 Å². The molecule has 0 heterocycles. The van der Waals surface area contributed by atoms with Crippen LogP contribution in [0.1, 0.15) is 49.7 Å². The Bertz CT molecular complexity index is 979. The van der Waals surface area contributed by atoms with Gasteiger partial charge in [-0.25, -0.2) is 4.79 Å². The minimum Gasteiger partial charge on any atom is -0.481 e. The van der Waals surface area contributed by atoms with Crippen molar-refractivity contribution < 1.29 is 29.0 Å². The van der Waals surface area contributed by atoms with Gasteiger partial charge in [-0.05, 0) is 41.5 Å². The fraction of sp³-hybridized carbons (Fsp3) is 0.444. The number of hydrogen-bond acceptors (Lipinski definition) is 5. The summed E-state index contributed by atoms with van der Waals surface area (Å²) in [5.41, 5.74) is 4.47. The zero-order valence-electron chi connectivity index (χ0n) is 20.3. The molecule has 1 aliphatic rings. The summed E-state index contributed by atoms with van der Waals surface area (Å²) < 4.78 is 10.6. The first-order valence-corrected chi connectivity index (χ1v) is 12.1. The van der Waals surface area contributed by atoms with E-state index in [9.17, 15) is 19.5 Å². The van der Waals surface area contributed by atoms with Crippen LogP contribution in [0.2, 0.25) is 0 Å². The highest BCUT2D eigenvalue weighted by Crippen LogP contribution is 2.44. The van der Waals surface area contributed by atoms with Crippen LogP contribution in [0.4, 0.5) is 4.79 Å². The third kappa shape index (κ3) is 6.82. The van der Waals surface area contributed by atoms with Crippen LogP contribution < -0.4 is 10.6 Å². The maximum atomic E-state index is 12.8. The lowest BCUT2D eigenvalue weighted by molar-refractivity contribution is -0.142. The van der Waals surface area contributed by atoms with Gasteiger partial charge >= 0.3 is 12.1 Å². The fourth-order valence-corrected chi connectivity index (χ4v) is 4.49. The quantitative estimate of drug-likeness (QED) is 0.373. The number of ether oxygens (including phenoxy) is 2. The third-order valence-electron chi connectivity index (χ3n) is 6.30. The number of carboxylic acids is 1. The van der Waals surface area contributed by atoms with Crippen molar-refractivity contribution in [3.63, 3.8) is 0 Å². The lowest BCUT2D eigenvalue weighted by Gasteiger charge is -2.21. The van der Waals surface area contributed by atoms with E-state index in [4.69, 9.17) is 9.47 Å². The molecule has 8 nitrogen and oxygen atoms in total. The number of aliphatic carboxylic acids is 1. The van der Waals surface area contributed by atoms with Gasteiger partial charge in [0.15, 0.2) is 0 Å². The number of carbonyl (C=O) groups is 3. The molecule has 3 rings (SSSR count). The van der Waals surface area contributed by atoms with Gasteiger partial charge in [-0.2, -0.15) is 0 Å². The van der Waals surface area contributed by atoms with Crippen molar-refractivity contribution in [2.75, 3.05) is 26.9 Å². The van der Waals surface area contributed by atoms with E-state index in [0.717, 1.165) is 22.3 Å². The molecule has 35 heavy (non-hydrogen) atoms. The lowest BCUT2D eigenvalue weighted by atomic mass is 9.98. The van der Waals surface area contributed by atoms with Crippen molar-refractivity contribution in [2.24, 2.45) is 5.92 Å². The molecule has 2 aromatic rings. The monoisotopic (exact) mass is 482 g/mol. The molecule has 1 aliphatic carbocycles. The molecular formula is C27H34N2O6. The first-order valence-electron chi connectivity index (χ1n) is 12.1. The summed E-state index contributed by atoms with van der Waals surface area (Å²) in [5.74, 6) is -2.14. The van der Waals surface area contributed by atoms with Crippen molar-refractivity contribution in [1.82, 2.24) is 10.6 Å². The molecule has 0 bridgehead atoms. The Morgan fingerprint density at radius 1 is 1.00 bits per heavy atom. The molecule has 2 aromatic carbocycles. The fourth-order valence-electron chi connectivity index (χ4n) is 4.49. The number of alkyl carbamates (subject to hydrolysis) is 1. The lowest BCUT2D eigenvalue weighted by Crippen LogP contribution is -2.48. The summed E-state index contributed by atoms with van der Waals surface area (Å²) in [4.78, 5) is 36.8. The van der Waals surface area contributed by atoms with Gasteiger partial charge < -0.3 is 25.2 Å². The van der Waals surface area contributed by atoms with Gasteiger partial charge in [0.25, 0.3) is 0 Å². The average Bonchev–Trinajstić information content (AvgIpc) is 3.18. The van der Waals surface area contributed by atoms with E-state index >= 15 is 0 Å². The number of carbonyl (C=O) groups excluding carboxylic acids is 2. The second-order valence-corrected chi connectivity index (χ2v) is 8.73. The zero-order chi connectivity index (χ0) is 25.2. The largest absolute Gasteiger partial charge is 0.481 e. The van der Waals surface area contributed by atoms with Gasteiger partial charge in [0.05, 0.1) is 5.92 Å². The number of hydrogen-bond donors (Lipinski definition) is 3. The highest BCUT2D eigenvalue weighted by Gasteiger charge is 2.30. The number of methoxy groups -OCH3 is 1. The predicted octanol–water partition coefficient (Wildman–Crippen LogP) is 3.94. The third-order valence-corrected chi connectivity index (χ3v) is 6.30. The Balaban J connectivity index is 1.61. The Morgan fingerprint density at radius 3 is 2.20 bits per heavy atom. The van der Waals surface area contributed by atoms with Gasteiger partial charge in [-0.1, -0.05) is 61.9 Å². The minimum atomic E-state index is -0.951. The van der Waals surface area contributed by atoms with E-state index in [2.05, 4.69) is 22.8 Å². The molecule has 0 fully saturated rings. The van der Waals surface area contributed by atoms with Crippen LogP contribution in [0, 0.1) is 5.92 Å². The highest BCUT2D eigenvalue weighted by atomic mass is 16.5. The second-order valence-electron chi connectivity index (χ2n) is 8.73. The van der Waals surface area contributed by atoms with Crippen molar-refractivity contribution in [3.05, 3.63) is 59.7 Å². The average molecular weight is 483 g/mol. The van der Waals surface area contributed by atoms with E-state index in [1.165, 1.54) is 0 Å². The number of rotatable bonds is 13. The predicted molar refractivity (Wildman–Crippen MR) is 132 cm³/mol. The first-order chi connectivity index (χ1) is 17.0. The molecule has 8 heteroatoms. The summed E-state index contributed by atoms with van der Waals surface area (Å²) in [6, 6.07) is 15.3. The van der Waals surface area contributed by atoms with Crippen LogP contribution in [-0.2, 0) is 19.1 Å². The summed E-state index contributed by atoms with van der Waals surface area (Å²) in [6.45, 7) is 2.48. The summed E-state index contributed by atoms with van der Waals surface area (Å²) in [5, 5.41) is 14.7. The van der Waals surface area contributed by atoms with Crippen LogP contribution >= 0.6 is 0 Å². The highest BCUT2D eigenvalue weighted by molar-refractivity contribution is 5.86. The number of nitrogens with one attached hydrogen (secondary N) is 2. The van der Waals surface area contributed by atoms with E-state index in [-0.39, 0.29) is 19.1 Å². The number of carboxylic acid groups (broad SMARTS) is 1. The van der Waals surface area contributed by atoms with E-state index in [1.807, 2.05) is 43.3 Å². The maximum Gasteiger partial charge on any atom is 0.407 e. The standard InChI is InChI=1S/C27H34N2O6/c1-3-9-18(26(31)32)16-28-25(30)24(14-8-15-34-2)29-27(33)35-17-23-21-12-6-4-10-19(21)20-11-5-7-13-22(20)23/h4-7,10-13,18,23-24H,3,8-9,14-17H2,1-2H3,(H,28,30)(H,29,33)(H,31,32). The van der Waals surface area contributed by atoms with Crippen molar-refractivity contribution >= 4 is 18.0 Å². The zero-order valence-corrected chi connectivity index (χ0v) is 20.3. The second kappa shape index (κ2) is 12.9. The molecule has 188 valence electrons. The van der Waals surface area contributed by atoms with Gasteiger partial charge in [0.1, 0.15) is 12.6 Å². The van der Waals surface area contributed by atoms with Crippen LogP contribution in [0.25, 0.3) is 11.1 Å². The smallest absolute Gasteiger partial charge is 0.407 e. The summed E-state index contributed by atoms with van der Waals surface area (Å²) >= 11 is 0. The van der Waals surface area contributed by atoms with Crippen LogP contribution in [0.15, 0.2) is 48.5 Å². The summed E-state index contributed by atoms with van der Waals surface area (Å²) in [6.07, 6.45) is 1.37.